The molecule has 0 saturated heterocycles. The molecule has 0 saturated carbocycles. The molecule has 0 aliphatic carbocycles. The van der Waals surface area contributed by atoms with E-state index in [1.165, 1.54) is 29.1 Å². The van der Waals surface area contributed by atoms with Gasteiger partial charge in [0.2, 0.25) is 11.3 Å². The van der Waals surface area contributed by atoms with Gasteiger partial charge >= 0.3 is 6.36 Å². The lowest BCUT2D eigenvalue weighted by Crippen LogP contribution is -2.16. The first kappa shape index (κ1) is 20.1. The van der Waals surface area contributed by atoms with Crippen LogP contribution < -0.4 is 14.9 Å². The zero-order chi connectivity index (χ0) is 22.0. The van der Waals surface area contributed by atoms with E-state index < -0.39 is 11.8 Å². The Morgan fingerprint density at radius 3 is 2.29 bits per heavy atom. The highest BCUT2D eigenvalue weighted by atomic mass is 19.4. The van der Waals surface area contributed by atoms with Crippen molar-refractivity contribution in [2.45, 2.75) is 6.36 Å². The maximum absolute atomic E-state index is 12.3. The van der Waals surface area contributed by atoms with Crippen LogP contribution in [0.15, 0.2) is 70.1 Å². The maximum Gasteiger partial charge on any atom is 0.573 e. The van der Waals surface area contributed by atoms with Crippen LogP contribution in [0.4, 0.5) is 13.2 Å². The number of methoxy groups -OCH3 is 1. The molecule has 0 atom stereocenters. The SMILES string of the molecule is COc1ccc(-n2ccc(=O)c(-c3nc(-c4ccc(OC(F)(F)F)cc4)no3)n2)cc1. The van der Waals surface area contributed by atoms with Gasteiger partial charge in [0, 0.05) is 17.8 Å². The van der Waals surface area contributed by atoms with Crippen molar-refractivity contribution in [1.29, 1.82) is 0 Å². The first-order valence-corrected chi connectivity index (χ1v) is 8.77. The predicted octanol–water partition coefficient (Wildman–Crippen LogP) is 3.86. The minimum atomic E-state index is -4.79. The molecule has 0 N–H and O–H groups in total. The van der Waals surface area contributed by atoms with Crippen LogP contribution in [0.25, 0.3) is 28.7 Å². The molecule has 8 nitrogen and oxygen atoms in total. The second-order valence-electron chi connectivity index (χ2n) is 6.17. The van der Waals surface area contributed by atoms with E-state index in [4.69, 9.17) is 9.26 Å². The molecular formula is C20H13F3N4O4. The van der Waals surface area contributed by atoms with Crippen LogP contribution in [0.1, 0.15) is 0 Å². The Labute approximate surface area is 172 Å². The Morgan fingerprint density at radius 1 is 0.968 bits per heavy atom. The summed E-state index contributed by atoms with van der Waals surface area (Å²) in [5.74, 6) is 0.235. The Morgan fingerprint density at radius 2 is 1.65 bits per heavy atom. The van der Waals surface area contributed by atoms with Gasteiger partial charge in [-0.1, -0.05) is 5.16 Å². The highest BCUT2D eigenvalue weighted by Gasteiger charge is 2.31. The van der Waals surface area contributed by atoms with Crippen molar-refractivity contribution in [2.24, 2.45) is 0 Å². The van der Waals surface area contributed by atoms with Crippen LogP contribution in [0.3, 0.4) is 0 Å². The number of benzene rings is 2. The largest absolute Gasteiger partial charge is 0.573 e. The molecule has 0 fully saturated rings. The number of hydrogen-bond donors (Lipinski definition) is 0. The van der Waals surface area contributed by atoms with Gasteiger partial charge in [-0.2, -0.15) is 10.1 Å². The minimum Gasteiger partial charge on any atom is -0.497 e. The van der Waals surface area contributed by atoms with Gasteiger partial charge < -0.3 is 14.0 Å². The van der Waals surface area contributed by atoms with Gasteiger partial charge in [0.15, 0.2) is 5.69 Å². The van der Waals surface area contributed by atoms with E-state index in [1.54, 1.807) is 31.4 Å². The van der Waals surface area contributed by atoms with Gasteiger partial charge in [0.05, 0.1) is 12.8 Å². The molecule has 0 aliphatic heterocycles. The summed E-state index contributed by atoms with van der Waals surface area (Å²) in [6.07, 6.45) is -3.30. The van der Waals surface area contributed by atoms with Gasteiger partial charge in [-0.3, -0.25) is 4.79 Å². The third-order valence-electron chi connectivity index (χ3n) is 4.12. The number of rotatable bonds is 5. The molecule has 2 aromatic carbocycles. The Balaban J connectivity index is 1.62. The van der Waals surface area contributed by atoms with Crippen molar-refractivity contribution >= 4 is 0 Å². The molecule has 0 radical (unpaired) electrons. The van der Waals surface area contributed by atoms with Crippen molar-refractivity contribution in [1.82, 2.24) is 19.9 Å². The van der Waals surface area contributed by atoms with E-state index in [9.17, 15) is 18.0 Å². The van der Waals surface area contributed by atoms with Crippen LogP contribution in [0, 0.1) is 0 Å². The lowest BCUT2D eigenvalue weighted by atomic mass is 10.2. The molecule has 0 unspecified atom stereocenters. The summed E-state index contributed by atoms with van der Waals surface area (Å²) in [7, 11) is 1.55. The third-order valence-corrected chi connectivity index (χ3v) is 4.12. The van der Waals surface area contributed by atoms with E-state index in [2.05, 4.69) is 20.0 Å². The average Bonchev–Trinajstić information content (AvgIpc) is 3.23. The van der Waals surface area contributed by atoms with Crippen LogP contribution in [-0.4, -0.2) is 33.4 Å². The van der Waals surface area contributed by atoms with Crippen molar-refractivity contribution in [3.63, 3.8) is 0 Å². The van der Waals surface area contributed by atoms with E-state index in [0.29, 0.717) is 17.0 Å². The molecule has 31 heavy (non-hydrogen) atoms. The summed E-state index contributed by atoms with van der Waals surface area (Å²) in [4.78, 5) is 16.4. The van der Waals surface area contributed by atoms with Gasteiger partial charge in [-0.15, -0.1) is 13.2 Å². The number of ether oxygens (including phenoxy) is 2. The standard InChI is InChI=1S/C20H13F3N4O4/c1-29-14-8-4-13(5-9-14)27-11-10-16(28)17(25-27)19-24-18(26-31-19)12-2-6-15(7-3-12)30-20(21,22)23/h2-11H,1H3. The monoisotopic (exact) mass is 430 g/mol. The molecule has 11 heteroatoms. The lowest BCUT2D eigenvalue weighted by Gasteiger charge is -2.08. The van der Waals surface area contributed by atoms with Crippen LogP contribution in [-0.2, 0) is 0 Å². The van der Waals surface area contributed by atoms with Gasteiger partial charge in [-0.25, -0.2) is 4.68 Å². The van der Waals surface area contributed by atoms with E-state index >= 15 is 0 Å². The van der Waals surface area contributed by atoms with Crippen molar-refractivity contribution < 1.29 is 27.2 Å². The Kier molecular flexibility index (Phi) is 5.15. The maximum atomic E-state index is 12.3. The molecule has 0 aliphatic rings. The fraction of sp³-hybridized carbons (Fsp3) is 0.100. The van der Waals surface area contributed by atoms with Gasteiger partial charge in [-0.05, 0) is 48.5 Å². The highest BCUT2D eigenvalue weighted by Crippen LogP contribution is 2.26. The summed E-state index contributed by atoms with van der Waals surface area (Å²) in [5, 5.41) is 8.03. The van der Waals surface area contributed by atoms with Crippen LogP contribution in [0.2, 0.25) is 0 Å². The number of halogens is 3. The van der Waals surface area contributed by atoms with E-state index in [0.717, 1.165) is 12.1 Å². The molecule has 4 aromatic rings. The van der Waals surface area contributed by atoms with Crippen molar-refractivity contribution in [3.8, 4) is 40.2 Å². The Hall–Kier alpha value is -4.15. The first-order valence-electron chi connectivity index (χ1n) is 8.77. The second-order valence-corrected chi connectivity index (χ2v) is 6.17. The lowest BCUT2D eigenvalue weighted by molar-refractivity contribution is -0.274. The van der Waals surface area contributed by atoms with Gasteiger partial charge in [0.1, 0.15) is 11.5 Å². The molecule has 0 bridgehead atoms. The molecular weight excluding hydrogens is 417 g/mol. The average molecular weight is 430 g/mol. The number of aromatic nitrogens is 4. The van der Waals surface area contributed by atoms with Crippen LogP contribution >= 0.6 is 0 Å². The molecule has 0 spiro atoms. The summed E-state index contributed by atoms with van der Waals surface area (Å²) >= 11 is 0. The van der Waals surface area contributed by atoms with Gasteiger partial charge in [0.25, 0.3) is 5.89 Å². The van der Waals surface area contributed by atoms with Crippen molar-refractivity contribution in [3.05, 3.63) is 71.0 Å². The fourth-order valence-electron chi connectivity index (χ4n) is 2.68. The molecule has 2 aromatic heterocycles. The second kappa shape index (κ2) is 7.94. The molecule has 2 heterocycles. The summed E-state index contributed by atoms with van der Waals surface area (Å²) in [6.45, 7) is 0. The first-order chi connectivity index (χ1) is 14.8. The predicted molar refractivity (Wildman–Crippen MR) is 102 cm³/mol. The van der Waals surface area contributed by atoms with Crippen molar-refractivity contribution in [2.75, 3.05) is 7.11 Å². The summed E-state index contributed by atoms with van der Waals surface area (Å²) in [6, 6.07) is 13.2. The molecule has 158 valence electrons. The zero-order valence-electron chi connectivity index (χ0n) is 15.8. The highest BCUT2D eigenvalue weighted by molar-refractivity contribution is 5.58. The fourth-order valence-corrected chi connectivity index (χ4v) is 2.68. The third kappa shape index (κ3) is 4.55. The Bertz CT molecular complexity index is 1250. The smallest absolute Gasteiger partial charge is 0.497 e. The van der Waals surface area contributed by atoms with E-state index in [-0.39, 0.29) is 23.2 Å². The normalized spacial score (nSPS) is 11.4. The summed E-state index contributed by atoms with van der Waals surface area (Å²) in [5.41, 5.74) is 0.529. The van der Waals surface area contributed by atoms with Crippen LogP contribution in [0.5, 0.6) is 11.5 Å². The number of hydrogen-bond acceptors (Lipinski definition) is 7. The number of nitrogens with zero attached hydrogens (tertiary/aromatic N) is 4. The quantitative estimate of drug-likeness (QED) is 0.475. The number of alkyl halides is 3. The summed E-state index contributed by atoms with van der Waals surface area (Å²) < 4.78 is 52.4. The molecule has 0 amide bonds. The topological polar surface area (TPSA) is 92.3 Å². The minimum absolute atomic E-state index is 0.0749. The van der Waals surface area contributed by atoms with E-state index in [1.807, 2.05) is 0 Å². The molecule has 4 rings (SSSR count). The zero-order valence-corrected chi connectivity index (χ0v) is 15.8.